The summed E-state index contributed by atoms with van der Waals surface area (Å²) in [6.45, 7) is 18.7. The number of hydrogen-bond acceptors (Lipinski definition) is 1. The Labute approximate surface area is 111 Å². The number of rotatable bonds is 7. The van der Waals surface area contributed by atoms with E-state index in [-0.39, 0.29) is 0 Å². The summed E-state index contributed by atoms with van der Waals surface area (Å²) in [5.41, 5.74) is 0. The Morgan fingerprint density at radius 2 is 1.47 bits per heavy atom. The van der Waals surface area contributed by atoms with E-state index in [0.717, 1.165) is 6.42 Å². The highest BCUT2D eigenvalue weighted by Gasteiger charge is 2.26. The molecule has 0 atom stereocenters. The molecule has 0 rings (SSSR count). The standard InChI is InChI=1S/C14H32OSi2/c1-9-11-12-13(15-17(6,7)8)14(10-2)16(3,4)5/h9-12H2,1-8H3/b14-13-. The minimum atomic E-state index is -1.46. The lowest BCUT2D eigenvalue weighted by atomic mass is 10.2. The molecule has 17 heavy (non-hydrogen) atoms. The summed E-state index contributed by atoms with van der Waals surface area (Å²) in [4.78, 5) is 0. The molecule has 0 heterocycles. The average molecular weight is 273 g/mol. The molecule has 0 aliphatic heterocycles. The van der Waals surface area contributed by atoms with Crippen molar-refractivity contribution in [3.05, 3.63) is 11.0 Å². The predicted octanol–water partition coefficient (Wildman–Crippen LogP) is 5.57. The quantitative estimate of drug-likeness (QED) is 0.435. The zero-order valence-corrected chi connectivity index (χ0v) is 15.2. The molecule has 0 N–H and O–H groups in total. The Kier molecular flexibility index (Phi) is 6.78. The third kappa shape index (κ3) is 7.09. The lowest BCUT2D eigenvalue weighted by Gasteiger charge is -2.29. The van der Waals surface area contributed by atoms with Gasteiger partial charge in [0.15, 0.2) is 0 Å². The summed E-state index contributed by atoms with van der Waals surface area (Å²) in [6.07, 6.45) is 4.82. The van der Waals surface area contributed by atoms with Gasteiger partial charge in [0.1, 0.15) is 0 Å². The van der Waals surface area contributed by atoms with E-state index in [1.54, 1.807) is 5.20 Å². The van der Waals surface area contributed by atoms with Crippen molar-refractivity contribution >= 4 is 16.4 Å². The predicted molar refractivity (Wildman–Crippen MR) is 84.6 cm³/mol. The van der Waals surface area contributed by atoms with Gasteiger partial charge in [-0.3, -0.25) is 0 Å². The number of hydrogen-bond donors (Lipinski definition) is 0. The second kappa shape index (κ2) is 6.79. The molecule has 0 radical (unpaired) electrons. The molecule has 0 aromatic heterocycles. The minimum absolute atomic E-state index is 1.15. The largest absolute Gasteiger partial charge is 0.548 e. The van der Waals surface area contributed by atoms with Crippen LogP contribution in [0, 0.1) is 0 Å². The van der Waals surface area contributed by atoms with Crippen LogP contribution in [0.25, 0.3) is 0 Å². The molecule has 0 saturated heterocycles. The SMILES string of the molecule is CCCC/C(O[Si](C)(C)C)=C(\CC)[Si](C)(C)C. The van der Waals surface area contributed by atoms with Crippen molar-refractivity contribution in [1.82, 2.24) is 0 Å². The summed E-state index contributed by atoms with van der Waals surface area (Å²) in [5, 5.41) is 1.65. The molecule has 0 unspecified atom stereocenters. The topological polar surface area (TPSA) is 9.23 Å². The molecular weight excluding hydrogens is 240 g/mol. The molecule has 0 aliphatic carbocycles. The van der Waals surface area contributed by atoms with Crippen molar-refractivity contribution in [3.63, 3.8) is 0 Å². The van der Waals surface area contributed by atoms with Crippen molar-refractivity contribution < 1.29 is 4.43 Å². The highest BCUT2D eigenvalue weighted by molar-refractivity contribution is 6.83. The first-order valence-corrected chi connectivity index (χ1v) is 13.9. The van der Waals surface area contributed by atoms with Gasteiger partial charge in [-0.15, -0.1) is 0 Å². The first kappa shape index (κ1) is 17.0. The Hall–Kier alpha value is -0.0262. The summed E-state index contributed by atoms with van der Waals surface area (Å²) in [6, 6.07) is 0. The van der Waals surface area contributed by atoms with Crippen molar-refractivity contribution in [1.29, 1.82) is 0 Å². The first-order valence-electron chi connectivity index (χ1n) is 7.03. The molecule has 0 aliphatic rings. The summed E-state index contributed by atoms with van der Waals surface area (Å²) in [5.74, 6) is 1.35. The van der Waals surface area contributed by atoms with Crippen LogP contribution < -0.4 is 0 Å². The third-order valence-electron chi connectivity index (χ3n) is 2.78. The fraction of sp³-hybridized carbons (Fsp3) is 0.857. The maximum Gasteiger partial charge on any atom is 0.241 e. The van der Waals surface area contributed by atoms with Gasteiger partial charge in [0.2, 0.25) is 8.32 Å². The highest BCUT2D eigenvalue weighted by atomic mass is 28.4. The van der Waals surface area contributed by atoms with Gasteiger partial charge < -0.3 is 4.43 Å². The number of unbranched alkanes of at least 4 members (excludes halogenated alkanes) is 1. The van der Waals surface area contributed by atoms with Crippen LogP contribution >= 0.6 is 0 Å². The first-order chi connectivity index (χ1) is 7.61. The molecule has 1 nitrogen and oxygen atoms in total. The van der Waals surface area contributed by atoms with Gasteiger partial charge in [-0.1, -0.05) is 39.9 Å². The van der Waals surface area contributed by atoms with E-state index in [0.29, 0.717) is 0 Å². The summed E-state index contributed by atoms with van der Waals surface area (Å²) in [7, 11) is -2.69. The van der Waals surface area contributed by atoms with Crippen molar-refractivity contribution in [2.75, 3.05) is 0 Å². The fourth-order valence-corrected chi connectivity index (χ4v) is 5.26. The van der Waals surface area contributed by atoms with Crippen LogP contribution in [0.4, 0.5) is 0 Å². The molecule has 0 bridgehead atoms. The zero-order valence-electron chi connectivity index (χ0n) is 13.2. The van der Waals surface area contributed by atoms with Crippen LogP contribution in [0.3, 0.4) is 0 Å². The molecule has 0 spiro atoms. The molecule has 0 saturated carbocycles. The van der Waals surface area contributed by atoms with Crippen LogP contribution in [-0.4, -0.2) is 16.4 Å². The Morgan fingerprint density at radius 1 is 0.941 bits per heavy atom. The van der Waals surface area contributed by atoms with Crippen LogP contribution in [-0.2, 0) is 4.43 Å². The van der Waals surface area contributed by atoms with Crippen molar-refractivity contribution in [2.45, 2.75) is 78.8 Å². The lowest BCUT2D eigenvalue weighted by molar-refractivity contribution is 0.389. The molecule has 0 aromatic rings. The van der Waals surface area contributed by atoms with E-state index < -0.39 is 16.4 Å². The third-order valence-corrected chi connectivity index (χ3v) is 6.08. The Morgan fingerprint density at radius 3 is 1.76 bits per heavy atom. The van der Waals surface area contributed by atoms with Gasteiger partial charge in [0.05, 0.1) is 13.8 Å². The number of allylic oxidation sites excluding steroid dienone is 2. The van der Waals surface area contributed by atoms with E-state index in [4.69, 9.17) is 4.43 Å². The molecule has 0 aromatic carbocycles. The summed E-state index contributed by atoms with van der Waals surface area (Å²) < 4.78 is 6.37. The molecule has 102 valence electrons. The van der Waals surface area contributed by atoms with Crippen LogP contribution in [0.2, 0.25) is 39.3 Å². The molecule has 0 amide bonds. The van der Waals surface area contributed by atoms with Crippen LogP contribution in [0.5, 0.6) is 0 Å². The zero-order chi connectivity index (χ0) is 13.7. The van der Waals surface area contributed by atoms with E-state index in [2.05, 4.69) is 53.1 Å². The Bertz CT molecular complexity index is 256. The Balaban J connectivity index is 5.16. The van der Waals surface area contributed by atoms with E-state index in [1.807, 2.05) is 0 Å². The van der Waals surface area contributed by atoms with E-state index in [1.165, 1.54) is 25.0 Å². The van der Waals surface area contributed by atoms with E-state index >= 15 is 0 Å². The van der Waals surface area contributed by atoms with Crippen LogP contribution in [0.15, 0.2) is 11.0 Å². The van der Waals surface area contributed by atoms with Crippen LogP contribution in [0.1, 0.15) is 39.5 Å². The summed E-state index contributed by atoms with van der Waals surface area (Å²) >= 11 is 0. The van der Waals surface area contributed by atoms with Gasteiger partial charge in [-0.05, 0) is 37.7 Å². The van der Waals surface area contributed by atoms with Gasteiger partial charge in [-0.2, -0.15) is 0 Å². The van der Waals surface area contributed by atoms with Crippen molar-refractivity contribution in [3.8, 4) is 0 Å². The molecule has 0 fully saturated rings. The smallest absolute Gasteiger partial charge is 0.241 e. The molecule has 3 heteroatoms. The second-order valence-electron chi connectivity index (χ2n) is 6.82. The molecular formula is C14H32OSi2. The normalized spacial score (nSPS) is 14.6. The van der Waals surface area contributed by atoms with Gasteiger partial charge in [-0.25, -0.2) is 0 Å². The highest BCUT2D eigenvalue weighted by Crippen LogP contribution is 2.28. The average Bonchev–Trinajstić information content (AvgIpc) is 2.10. The van der Waals surface area contributed by atoms with E-state index in [9.17, 15) is 0 Å². The van der Waals surface area contributed by atoms with Gasteiger partial charge in [0.25, 0.3) is 0 Å². The fourth-order valence-electron chi connectivity index (χ4n) is 2.12. The van der Waals surface area contributed by atoms with Gasteiger partial charge >= 0.3 is 0 Å². The second-order valence-corrected chi connectivity index (χ2v) is 16.4. The van der Waals surface area contributed by atoms with Crippen molar-refractivity contribution in [2.24, 2.45) is 0 Å². The minimum Gasteiger partial charge on any atom is -0.548 e. The monoisotopic (exact) mass is 272 g/mol. The lowest BCUT2D eigenvalue weighted by Crippen LogP contribution is -2.31. The van der Waals surface area contributed by atoms with Gasteiger partial charge in [0, 0.05) is 6.42 Å². The maximum atomic E-state index is 6.37. The maximum absolute atomic E-state index is 6.37.